The largest absolute Gasteiger partial charge is 1.00 e. The number of aromatic nitrogens is 6. The lowest BCUT2D eigenvalue weighted by Crippen LogP contribution is -3.00. The molecule has 0 fully saturated rings. The van der Waals surface area contributed by atoms with Crippen LogP contribution in [0.1, 0.15) is 6.42 Å². The van der Waals surface area contributed by atoms with Gasteiger partial charge in [0.25, 0.3) is 0 Å². The van der Waals surface area contributed by atoms with Crippen LogP contribution in [0.25, 0.3) is 66.2 Å². The van der Waals surface area contributed by atoms with Crippen LogP contribution >= 0.6 is 0 Å². The predicted octanol–water partition coefficient (Wildman–Crippen LogP) is 1.04. The standard InChI is InChI=1S/C39H42N8.2BrH/c1-46(2,26-22-44-34-20-11-5-14-28(34)36-38(44)42-32-18-9-7-16-30(32)40-36)24-13-25-47(3,4)27-23-45-35-21-12-6-15-29(35)37-39(45)43-33-19-10-8-17-31(33)41-37;;/h5-12,14-21H,13,22-27H2,1-4H3;2*1H/q+2;;/p-2. The molecule has 0 saturated carbocycles. The smallest absolute Gasteiger partial charge is 0.160 e. The van der Waals surface area contributed by atoms with Gasteiger partial charge in [0.05, 0.1) is 101 Å². The van der Waals surface area contributed by atoms with E-state index in [0.717, 1.165) is 99.0 Å². The Hall–Kier alpha value is -3.96. The third-order valence-electron chi connectivity index (χ3n) is 9.90. The second-order valence-electron chi connectivity index (χ2n) is 14.2. The Labute approximate surface area is 307 Å². The lowest BCUT2D eigenvalue weighted by molar-refractivity contribution is -0.909. The monoisotopic (exact) mass is 780 g/mol. The molecule has 0 saturated heterocycles. The summed E-state index contributed by atoms with van der Waals surface area (Å²) >= 11 is 0. The molecule has 0 unspecified atom stereocenters. The zero-order valence-corrected chi connectivity index (χ0v) is 31.7. The third-order valence-corrected chi connectivity index (χ3v) is 9.90. The Morgan fingerprint density at radius 2 is 0.796 bits per heavy atom. The van der Waals surface area contributed by atoms with E-state index in [1.165, 1.54) is 21.8 Å². The number of quaternary nitrogens is 2. The Bertz CT molecular complexity index is 2260. The van der Waals surface area contributed by atoms with Crippen molar-refractivity contribution in [1.29, 1.82) is 0 Å². The van der Waals surface area contributed by atoms with Gasteiger partial charge in [-0.15, -0.1) is 0 Å². The molecule has 10 heteroatoms. The average molecular weight is 783 g/mol. The molecule has 8 nitrogen and oxygen atoms in total. The summed E-state index contributed by atoms with van der Waals surface area (Å²) in [5.41, 5.74) is 10.1. The van der Waals surface area contributed by atoms with Crippen LogP contribution in [0.15, 0.2) is 97.1 Å². The van der Waals surface area contributed by atoms with Crippen LogP contribution in [0, 0.1) is 0 Å². The van der Waals surface area contributed by atoms with Crippen molar-refractivity contribution < 1.29 is 42.9 Å². The molecule has 0 amide bonds. The highest BCUT2D eigenvalue weighted by atomic mass is 79.9. The molecule has 0 radical (unpaired) electrons. The summed E-state index contributed by atoms with van der Waals surface area (Å²) in [7, 11) is 9.43. The van der Waals surface area contributed by atoms with E-state index >= 15 is 0 Å². The summed E-state index contributed by atoms with van der Waals surface area (Å²) in [6, 6.07) is 33.5. The first-order valence-corrected chi connectivity index (χ1v) is 16.7. The number of halogens is 2. The van der Waals surface area contributed by atoms with Crippen LogP contribution in [0.3, 0.4) is 0 Å². The Morgan fingerprint density at radius 1 is 0.449 bits per heavy atom. The fraction of sp³-hybridized carbons (Fsp3) is 0.282. The average Bonchev–Trinajstić information content (AvgIpc) is 3.55. The summed E-state index contributed by atoms with van der Waals surface area (Å²) < 4.78 is 6.65. The lowest BCUT2D eigenvalue weighted by Gasteiger charge is -2.34. The molecule has 4 heterocycles. The summed E-state index contributed by atoms with van der Waals surface area (Å²) in [5, 5.41) is 2.35. The van der Waals surface area contributed by atoms with Crippen LogP contribution in [0.4, 0.5) is 0 Å². The van der Waals surface area contributed by atoms with Crippen molar-refractivity contribution in [3.63, 3.8) is 0 Å². The van der Waals surface area contributed by atoms with Crippen molar-refractivity contribution in [2.24, 2.45) is 0 Å². The zero-order valence-electron chi connectivity index (χ0n) is 28.5. The number of likely N-dealkylation sites (N-methyl/N-ethyl adjacent to an activating group) is 2. The maximum absolute atomic E-state index is 5.08. The van der Waals surface area contributed by atoms with Crippen LogP contribution < -0.4 is 34.0 Å². The SMILES string of the molecule is C[N+](C)(CCC[N+](C)(C)CCn1c2ccccc2c2nc3ccccc3nc21)CCn1c2ccccc2c2nc3ccccc3nc21.[Br-].[Br-]. The van der Waals surface area contributed by atoms with Gasteiger partial charge >= 0.3 is 0 Å². The third kappa shape index (κ3) is 6.67. The molecule has 0 atom stereocenters. The number of fused-ring (bicyclic) bond motifs is 8. The highest BCUT2D eigenvalue weighted by molar-refractivity contribution is 6.07. The van der Waals surface area contributed by atoms with Crippen LogP contribution in [-0.2, 0) is 13.1 Å². The van der Waals surface area contributed by atoms with Crippen molar-refractivity contribution in [3.05, 3.63) is 97.1 Å². The molecular formula is C39H42Br2N8. The maximum atomic E-state index is 5.08. The van der Waals surface area contributed by atoms with Gasteiger partial charge in [-0.05, 0) is 36.4 Å². The molecule has 4 aromatic heterocycles. The fourth-order valence-corrected chi connectivity index (χ4v) is 7.11. The second-order valence-corrected chi connectivity index (χ2v) is 14.2. The van der Waals surface area contributed by atoms with Crippen molar-refractivity contribution in [3.8, 4) is 0 Å². The second kappa shape index (κ2) is 13.7. The van der Waals surface area contributed by atoms with Gasteiger partial charge < -0.3 is 52.1 Å². The first kappa shape index (κ1) is 34.9. The summed E-state index contributed by atoms with van der Waals surface area (Å²) in [6.07, 6.45) is 1.15. The normalized spacial score (nSPS) is 12.3. The molecule has 4 aromatic carbocycles. The Kier molecular flexibility index (Phi) is 9.79. The quantitative estimate of drug-likeness (QED) is 0.195. The topological polar surface area (TPSA) is 61.4 Å². The minimum absolute atomic E-state index is 0. The van der Waals surface area contributed by atoms with E-state index in [4.69, 9.17) is 19.9 Å². The minimum Gasteiger partial charge on any atom is -1.00 e. The van der Waals surface area contributed by atoms with Crippen LogP contribution in [0.2, 0.25) is 0 Å². The highest BCUT2D eigenvalue weighted by Gasteiger charge is 2.23. The number of hydrogen-bond donors (Lipinski definition) is 0. The van der Waals surface area contributed by atoms with E-state index in [-0.39, 0.29) is 34.0 Å². The molecule has 0 aliphatic rings. The summed E-state index contributed by atoms with van der Waals surface area (Å²) in [6.45, 7) is 6.05. The van der Waals surface area contributed by atoms with E-state index in [2.05, 4.69) is 98.0 Å². The molecule has 0 N–H and O–H groups in total. The number of para-hydroxylation sites is 6. The minimum atomic E-state index is 0. The summed E-state index contributed by atoms with van der Waals surface area (Å²) in [4.78, 5) is 20.2. The molecular weight excluding hydrogens is 740 g/mol. The number of nitrogens with zero attached hydrogens (tertiary/aromatic N) is 8. The zero-order chi connectivity index (χ0) is 32.2. The first-order valence-electron chi connectivity index (χ1n) is 16.7. The van der Waals surface area contributed by atoms with Crippen molar-refractivity contribution in [2.45, 2.75) is 19.5 Å². The van der Waals surface area contributed by atoms with E-state index in [1.807, 2.05) is 36.4 Å². The maximum Gasteiger partial charge on any atom is 0.160 e. The van der Waals surface area contributed by atoms with Crippen LogP contribution in [-0.4, -0.2) is 92.4 Å². The molecule has 0 spiro atoms. The van der Waals surface area contributed by atoms with Gasteiger partial charge in [0, 0.05) is 17.2 Å². The van der Waals surface area contributed by atoms with Gasteiger partial charge in [-0.1, -0.05) is 60.7 Å². The Balaban J connectivity index is 0.00000208. The predicted molar refractivity (Wildman–Crippen MR) is 193 cm³/mol. The Morgan fingerprint density at radius 3 is 1.20 bits per heavy atom. The van der Waals surface area contributed by atoms with Crippen molar-refractivity contribution in [1.82, 2.24) is 29.1 Å². The number of rotatable bonds is 10. The van der Waals surface area contributed by atoms with Crippen molar-refractivity contribution >= 4 is 66.2 Å². The van der Waals surface area contributed by atoms with Gasteiger partial charge in [0.15, 0.2) is 11.3 Å². The molecule has 0 aliphatic heterocycles. The van der Waals surface area contributed by atoms with Crippen molar-refractivity contribution in [2.75, 3.05) is 54.4 Å². The molecule has 8 aromatic rings. The van der Waals surface area contributed by atoms with E-state index in [1.54, 1.807) is 0 Å². The number of hydrogen-bond acceptors (Lipinski definition) is 4. The van der Waals surface area contributed by atoms with Gasteiger partial charge in [-0.3, -0.25) is 0 Å². The van der Waals surface area contributed by atoms with Gasteiger partial charge in [-0.25, -0.2) is 19.9 Å². The van der Waals surface area contributed by atoms with E-state index in [0.29, 0.717) is 0 Å². The van der Waals surface area contributed by atoms with E-state index in [9.17, 15) is 0 Å². The fourth-order valence-electron chi connectivity index (χ4n) is 7.11. The molecule has 252 valence electrons. The van der Waals surface area contributed by atoms with Gasteiger partial charge in [-0.2, -0.15) is 0 Å². The molecule has 8 rings (SSSR count). The highest BCUT2D eigenvalue weighted by Crippen LogP contribution is 2.30. The lowest BCUT2D eigenvalue weighted by atomic mass is 10.2. The van der Waals surface area contributed by atoms with Gasteiger partial charge in [0.1, 0.15) is 11.0 Å². The van der Waals surface area contributed by atoms with Crippen LogP contribution in [0.5, 0.6) is 0 Å². The molecule has 49 heavy (non-hydrogen) atoms. The molecule has 0 aliphatic carbocycles. The van der Waals surface area contributed by atoms with E-state index < -0.39 is 0 Å². The number of benzene rings is 4. The van der Waals surface area contributed by atoms with Gasteiger partial charge in [0.2, 0.25) is 0 Å². The first-order chi connectivity index (χ1) is 22.8. The molecule has 0 bridgehead atoms. The summed E-state index contributed by atoms with van der Waals surface area (Å²) in [5.74, 6) is 0.